The summed E-state index contributed by atoms with van der Waals surface area (Å²) in [7, 11) is 1.66. The van der Waals surface area contributed by atoms with Crippen LogP contribution < -0.4 is 0 Å². The van der Waals surface area contributed by atoms with E-state index in [0.717, 1.165) is 12.8 Å². The van der Waals surface area contributed by atoms with Gasteiger partial charge in [0.25, 0.3) is 0 Å². The normalized spacial score (nSPS) is 17.1. The second-order valence-electron chi connectivity index (χ2n) is 6.65. The van der Waals surface area contributed by atoms with Crippen LogP contribution in [0.5, 0.6) is 0 Å². The molecule has 116 valence electrons. The highest BCUT2D eigenvalue weighted by Crippen LogP contribution is 2.24. The molecule has 0 N–H and O–H groups in total. The molecule has 0 aromatic rings. The Balaban J connectivity index is 2.43. The molecule has 1 aliphatic rings. The van der Waals surface area contributed by atoms with Crippen LogP contribution in [0.1, 0.15) is 47.0 Å². The predicted octanol–water partition coefficient (Wildman–Crippen LogP) is 2.07. The molecular formula is C15H28N2O3. The van der Waals surface area contributed by atoms with Gasteiger partial charge in [-0.25, -0.2) is 5.06 Å². The first kappa shape index (κ1) is 17.0. The third-order valence-corrected chi connectivity index (χ3v) is 3.51. The summed E-state index contributed by atoms with van der Waals surface area (Å²) >= 11 is 0. The maximum absolute atomic E-state index is 12.1. The molecule has 1 saturated heterocycles. The largest absolute Gasteiger partial charge is 0.343 e. The molecule has 0 radical (unpaired) electrons. The Hall–Kier alpha value is -1.10. The molecule has 0 bridgehead atoms. The lowest BCUT2D eigenvalue weighted by Gasteiger charge is -2.34. The van der Waals surface area contributed by atoms with Gasteiger partial charge >= 0.3 is 0 Å². The number of rotatable bonds is 4. The van der Waals surface area contributed by atoms with Crippen LogP contribution in [0.3, 0.4) is 0 Å². The van der Waals surface area contributed by atoms with E-state index < -0.39 is 0 Å². The summed E-state index contributed by atoms with van der Waals surface area (Å²) in [4.78, 5) is 31.3. The van der Waals surface area contributed by atoms with Gasteiger partial charge in [-0.3, -0.25) is 14.4 Å². The lowest BCUT2D eigenvalue weighted by atomic mass is 9.90. The molecule has 0 saturated carbocycles. The lowest BCUT2D eigenvalue weighted by molar-refractivity contribution is -0.182. The second-order valence-corrected chi connectivity index (χ2v) is 6.65. The van der Waals surface area contributed by atoms with Gasteiger partial charge < -0.3 is 4.90 Å². The number of amides is 2. The van der Waals surface area contributed by atoms with Gasteiger partial charge in [0.05, 0.1) is 6.61 Å². The molecule has 5 nitrogen and oxygen atoms in total. The Labute approximate surface area is 122 Å². The second kappa shape index (κ2) is 7.07. The molecule has 2 amide bonds. The van der Waals surface area contributed by atoms with E-state index in [-0.39, 0.29) is 23.1 Å². The van der Waals surface area contributed by atoms with Gasteiger partial charge in [0, 0.05) is 32.5 Å². The van der Waals surface area contributed by atoms with Gasteiger partial charge in [-0.1, -0.05) is 20.8 Å². The number of nitrogens with zero attached hydrogens (tertiary/aromatic N) is 2. The van der Waals surface area contributed by atoms with Gasteiger partial charge in [0.2, 0.25) is 11.8 Å². The van der Waals surface area contributed by atoms with E-state index in [1.807, 2.05) is 11.8 Å². The summed E-state index contributed by atoms with van der Waals surface area (Å²) < 4.78 is 0. The summed E-state index contributed by atoms with van der Waals surface area (Å²) in [6.45, 7) is 9.90. The molecular weight excluding hydrogens is 256 g/mol. The highest BCUT2D eigenvalue weighted by Gasteiger charge is 2.30. The quantitative estimate of drug-likeness (QED) is 0.743. The molecule has 0 spiro atoms. The Morgan fingerprint density at radius 2 is 1.80 bits per heavy atom. The van der Waals surface area contributed by atoms with Crippen LogP contribution in [0, 0.1) is 11.3 Å². The summed E-state index contributed by atoms with van der Waals surface area (Å²) in [5, 5.41) is 1.33. The summed E-state index contributed by atoms with van der Waals surface area (Å²) in [6, 6.07) is 0. The van der Waals surface area contributed by atoms with Crippen molar-refractivity contribution in [1.82, 2.24) is 9.96 Å². The third-order valence-electron chi connectivity index (χ3n) is 3.51. The minimum absolute atomic E-state index is 0.0128. The molecule has 0 aromatic carbocycles. The standard InChI is InChI=1S/C15H28N2O3/c1-6-20-16(5)14(19)12-7-9-17(10-8-12)13(18)11-15(2,3)4/h12H,6-11H2,1-5H3. The van der Waals surface area contributed by atoms with Crippen LogP contribution in [0.25, 0.3) is 0 Å². The molecule has 0 aromatic heterocycles. The van der Waals surface area contributed by atoms with Crippen molar-refractivity contribution >= 4 is 11.8 Å². The summed E-state index contributed by atoms with van der Waals surface area (Å²) in [5.41, 5.74) is 0.0128. The summed E-state index contributed by atoms with van der Waals surface area (Å²) in [5.74, 6) is 0.196. The zero-order chi connectivity index (χ0) is 15.3. The van der Waals surface area contributed by atoms with Gasteiger partial charge in [0.15, 0.2) is 0 Å². The number of carbonyl (C=O) groups is 2. The van der Waals surface area contributed by atoms with E-state index in [1.165, 1.54) is 5.06 Å². The molecule has 5 heteroatoms. The molecule has 1 heterocycles. The molecule has 0 atom stereocenters. The SMILES string of the molecule is CCON(C)C(=O)C1CCN(C(=O)CC(C)(C)C)CC1. The topological polar surface area (TPSA) is 49.9 Å². The van der Waals surface area contributed by atoms with Crippen molar-refractivity contribution < 1.29 is 14.4 Å². The van der Waals surface area contributed by atoms with Crippen LogP contribution >= 0.6 is 0 Å². The maximum Gasteiger partial charge on any atom is 0.249 e. The van der Waals surface area contributed by atoms with Crippen LogP contribution in [-0.2, 0) is 14.4 Å². The van der Waals surface area contributed by atoms with Crippen molar-refractivity contribution in [1.29, 1.82) is 0 Å². The van der Waals surface area contributed by atoms with Crippen LogP contribution in [0.15, 0.2) is 0 Å². The smallest absolute Gasteiger partial charge is 0.249 e. The number of likely N-dealkylation sites (tertiary alicyclic amines) is 1. The van der Waals surface area contributed by atoms with E-state index in [9.17, 15) is 9.59 Å². The third kappa shape index (κ3) is 5.12. The number of piperidine rings is 1. The maximum atomic E-state index is 12.1. The van der Waals surface area contributed by atoms with E-state index in [2.05, 4.69) is 20.8 Å². The van der Waals surface area contributed by atoms with Crippen LogP contribution in [0.2, 0.25) is 0 Å². The zero-order valence-corrected chi connectivity index (χ0v) is 13.4. The van der Waals surface area contributed by atoms with Gasteiger partial charge in [-0.2, -0.15) is 0 Å². The zero-order valence-electron chi connectivity index (χ0n) is 13.4. The Kier molecular flexibility index (Phi) is 5.99. The Bertz CT molecular complexity index is 342. The van der Waals surface area contributed by atoms with Gasteiger partial charge in [0.1, 0.15) is 0 Å². The van der Waals surface area contributed by atoms with Crippen molar-refractivity contribution in [2.45, 2.75) is 47.0 Å². The van der Waals surface area contributed by atoms with E-state index in [4.69, 9.17) is 4.84 Å². The molecule has 1 rings (SSSR count). The van der Waals surface area contributed by atoms with E-state index >= 15 is 0 Å². The molecule has 0 aliphatic carbocycles. The van der Waals surface area contributed by atoms with Crippen molar-refractivity contribution in [3.8, 4) is 0 Å². The monoisotopic (exact) mass is 284 g/mol. The Morgan fingerprint density at radius 3 is 2.25 bits per heavy atom. The highest BCUT2D eigenvalue weighted by atomic mass is 16.7. The first-order valence-corrected chi connectivity index (χ1v) is 7.43. The molecule has 20 heavy (non-hydrogen) atoms. The first-order chi connectivity index (χ1) is 9.24. The molecule has 0 unspecified atom stereocenters. The van der Waals surface area contributed by atoms with Crippen molar-refractivity contribution in [2.75, 3.05) is 26.7 Å². The number of hydroxylamine groups is 2. The van der Waals surface area contributed by atoms with Crippen molar-refractivity contribution in [3.63, 3.8) is 0 Å². The highest BCUT2D eigenvalue weighted by molar-refractivity contribution is 5.79. The minimum Gasteiger partial charge on any atom is -0.343 e. The molecule has 1 fully saturated rings. The van der Waals surface area contributed by atoms with E-state index in [1.54, 1.807) is 7.05 Å². The molecule has 1 aliphatic heterocycles. The predicted molar refractivity (Wildman–Crippen MR) is 77.8 cm³/mol. The average molecular weight is 284 g/mol. The van der Waals surface area contributed by atoms with E-state index in [0.29, 0.717) is 26.1 Å². The Morgan fingerprint density at radius 1 is 1.25 bits per heavy atom. The number of hydrogen-bond acceptors (Lipinski definition) is 3. The van der Waals surface area contributed by atoms with Crippen LogP contribution in [0.4, 0.5) is 0 Å². The van der Waals surface area contributed by atoms with Gasteiger partial charge in [-0.15, -0.1) is 0 Å². The first-order valence-electron chi connectivity index (χ1n) is 7.43. The van der Waals surface area contributed by atoms with Crippen LogP contribution in [-0.4, -0.2) is 48.5 Å². The summed E-state index contributed by atoms with van der Waals surface area (Å²) in [6.07, 6.45) is 2.02. The number of hydrogen-bond donors (Lipinski definition) is 0. The van der Waals surface area contributed by atoms with Crippen molar-refractivity contribution in [2.24, 2.45) is 11.3 Å². The lowest BCUT2D eigenvalue weighted by Crippen LogP contribution is -2.44. The average Bonchev–Trinajstić information content (AvgIpc) is 2.36. The fourth-order valence-electron chi connectivity index (χ4n) is 2.46. The van der Waals surface area contributed by atoms with Gasteiger partial charge in [-0.05, 0) is 25.2 Å². The fourth-order valence-corrected chi connectivity index (χ4v) is 2.46. The minimum atomic E-state index is -0.0229. The number of carbonyl (C=O) groups excluding carboxylic acids is 2. The fraction of sp³-hybridized carbons (Fsp3) is 0.867. The van der Waals surface area contributed by atoms with Crippen molar-refractivity contribution in [3.05, 3.63) is 0 Å².